The number of carbonyl (C=O) groups excluding carboxylic acids is 2. The van der Waals surface area contributed by atoms with E-state index in [9.17, 15) is 19.8 Å². The summed E-state index contributed by atoms with van der Waals surface area (Å²) in [6.45, 7) is 8.22. The number of alkyl halides is 1. The Hall–Kier alpha value is -1.15. The van der Waals surface area contributed by atoms with Gasteiger partial charge < -0.3 is 24.4 Å². The van der Waals surface area contributed by atoms with Gasteiger partial charge in [0.1, 0.15) is 22.7 Å². The van der Waals surface area contributed by atoms with Crippen molar-refractivity contribution in [3.8, 4) is 0 Å². The number of carbonyl (C=O) groups is 2. The molecule has 2 heterocycles. The zero-order chi connectivity index (χ0) is 20.9. The Labute approximate surface area is 169 Å². The van der Waals surface area contributed by atoms with Crippen molar-refractivity contribution in [1.29, 1.82) is 0 Å². The molecule has 0 bridgehead atoms. The molecule has 2 saturated heterocycles. The first-order valence-electron chi connectivity index (χ1n) is 9.70. The van der Waals surface area contributed by atoms with E-state index < -0.39 is 63.8 Å². The average Bonchev–Trinajstić information content (AvgIpc) is 3.20. The van der Waals surface area contributed by atoms with Crippen LogP contribution in [0.4, 0.5) is 0 Å². The van der Waals surface area contributed by atoms with Crippen molar-refractivity contribution in [1.82, 2.24) is 0 Å². The molecule has 8 heteroatoms. The van der Waals surface area contributed by atoms with Crippen molar-refractivity contribution in [3.63, 3.8) is 0 Å². The summed E-state index contributed by atoms with van der Waals surface area (Å²) in [5, 5.41) is 22.6. The molecule has 2 aliphatic carbocycles. The Morgan fingerprint density at radius 3 is 2.54 bits per heavy atom. The summed E-state index contributed by atoms with van der Waals surface area (Å²) in [4.78, 5) is 23.4. The predicted octanol–water partition coefficient (Wildman–Crippen LogP) is 1.47. The van der Waals surface area contributed by atoms with E-state index in [1.807, 2.05) is 0 Å². The van der Waals surface area contributed by atoms with Gasteiger partial charge in [-0.1, -0.05) is 13.0 Å². The molecule has 4 aliphatic rings. The van der Waals surface area contributed by atoms with Crippen molar-refractivity contribution >= 4 is 23.5 Å². The van der Waals surface area contributed by atoms with E-state index >= 15 is 0 Å². The zero-order valence-electron chi connectivity index (χ0n) is 16.7. The van der Waals surface area contributed by atoms with Gasteiger partial charge in [-0.25, -0.2) is 4.79 Å². The van der Waals surface area contributed by atoms with Crippen LogP contribution < -0.4 is 0 Å². The van der Waals surface area contributed by atoms with E-state index in [0.717, 1.165) is 0 Å². The van der Waals surface area contributed by atoms with Crippen LogP contribution in [0, 0.1) is 11.8 Å². The largest absolute Gasteiger partial charge is 0.460 e. The van der Waals surface area contributed by atoms with Crippen molar-refractivity contribution < 1.29 is 34.0 Å². The smallest absolute Gasteiger partial charge is 0.333 e. The summed E-state index contributed by atoms with van der Waals surface area (Å²) >= 11 is 7.10. The zero-order valence-corrected chi connectivity index (χ0v) is 17.4. The monoisotopic (exact) mass is 414 g/mol. The summed E-state index contributed by atoms with van der Waals surface area (Å²) in [6.07, 6.45) is -0.354. The lowest BCUT2D eigenvalue weighted by Crippen LogP contribution is -2.66. The quantitative estimate of drug-likeness (QED) is 0.305. The number of aliphatic hydroxyl groups is 2. The van der Waals surface area contributed by atoms with Gasteiger partial charge in [0, 0.05) is 24.3 Å². The summed E-state index contributed by atoms with van der Waals surface area (Å²) in [6, 6.07) is 0. The van der Waals surface area contributed by atoms with Crippen molar-refractivity contribution in [3.05, 3.63) is 11.6 Å². The molecule has 0 aromatic heterocycles. The molecular formula is C20H27ClO7. The number of fused-ring (bicyclic) bond motifs is 2. The summed E-state index contributed by atoms with van der Waals surface area (Å²) in [5.41, 5.74) is -3.79. The Morgan fingerprint density at radius 1 is 1.29 bits per heavy atom. The minimum Gasteiger partial charge on any atom is -0.460 e. The molecule has 28 heavy (non-hydrogen) atoms. The van der Waals surface area contributed by atoms with Gasteiger partial charge in [-0.05, 0) is 27.7 Å². The first kappa shape index (κ1) is 20.1. The number of esters is 2. The second-order valence-corrected chi connectivity index (χ2v) is 9.75. The summed E-state index contributed by atoms with van der Waals surface area (Å²) in [5.74, 6) is -2.21. The van der Waals surface area contributed by atoms with E-state index in [0.29, 0.717) is 5.57 Å². The van der Waals surface area contributed by atoms with E-state index in [1.165, 1.54) is 0 Å². The van der Waals surface area contributed by atoms with Crippen LogP contribution in [0.25, 0.3) is 0 Å². The SMILES string of the molecule is C/C=C(/C)C(=O)O[C@H]1C[C@@](C)(O)[C@]23O[C@H]2C[C@](C)(O)[C@]3(Cl)[C@H]2OC(=O)[C@@H](C)[C@H]12. The van der Waals surface area contributed by atoms with Gasteiger partial charge in [0.15, 0.2) is 0 Å². The first-order valence-corrected chi connectivity index (χ1v) is 10.1. The topological polar surface area (TPSA) is 106 Å². The van der Waals surface area contributed by atoms with Gasteiger partial charge >= 0.3 is 11.9 Å². The standard InChI is InChI=1S/C20H27ClO7/c1-6-9(2)15(22)26-11-7-18(5,25)20-12(28-20)8-17(4,24)19(20,21)14-13(11)10(3)16(23)27-14/h6,10-14,24-25H,7-8H2,1-5H3/b9-6-/t10-,11-,12-,13+,14-,17-,18+,19+,20+/m0/s1. The average molecular weight is 415 g/mol. The van der Waals surface area contributed by atoms with Crippen LogP contribution in [0.5, 0.6) is 0 Å². The van der Waals surface area contributed by atoms with Crippen molar-refractivity contribution in [2.45, 2.75) is 87.4 Å². The maximum atomic E-state index is 12.5. The molecule has 156 valence electrons. The van der Waals surface area contributed by atoms with Crippen LogP contribution in [-0.2, 0) is 23.8 Å². The Bertz CT molecular complexity index is 775. The molecule has 2 aliphatic heterocycles. The van der Waals surface area contributed by atoms with E-state index in [4.69, 9.17) is 25.8 Å². The third-order valence-electron chi connectivity index (χ3n) is 7.41. The van der Waals surface area contributed by atoms with E-state index in [-0.39, 0.29) is 12.8 Å². The number of hydrogen-bond acceptors (Lipinski definition) is 7. The number of epoxide rings is 1. The van der Waals surface area contributed by atoms with Crippen molar-refractivity contribution in [2.75, 3.05) is 0 Å². The molecule has 0 unspecified atom stereocenters. The van der Waals surface area contributed by atoms with Crippen LogP contribution in [0.15, 0.2) is 11.6 Å². The molecular weight excluding hydrogens is 388 g/mol. The van der Waals surface area contributed by atoms with Gasteiger partial charge in [0.2, 0.25) is 0 Å². The van der Waals surface area contributed by atoms with Crippen LogP contribution in [0.2, 0.25) is 0 Å². The van der Waals surface area contributed by atoms with Crippen LogP contribution in [0.1, 0.15) is 47.5 Å². The van der Waals surface area contributed by atoms with E-state index in [2.05, 4.69) is 0 Å². The molecule has 1 spiro atoms. The van der Waals surface area contributed by atoms with Gasteiger partial charge in [0.05, 0.1) is 23.2 Å². The molecule has 0 amide bonds. The normalized spacial score (nSPS) is 54.9. The molecule has 0 radical (unpaired) electrons. The lowest BCUT2D eigenvalue weighted by atomic mass is 9.71. The highest BCUT2D eigenvalue weighted by atomic mass is 35.5. The molecule has 4 rings (SSSR count). The fourth-order valence-corrected chi connectivity index (χ4v) is 6.37. The van der Waals surface area contributed by atoms with Gasteiger partial charge in [-0.2, -0.15) is 0 Å². The minimum absolute atomic E-state index is 0.0267. The molecule has 2 N–H and O–H groups in total. The maximum absolute atomic E-state index is 12.5. The van der Waals surface area contributed by atoms with Gasteiger partial charge in [-0.15, -0.1) is 11.6 Å². The number of hydrogen-bond donors (Lipinski definition) is 2. The summed E-state index contributed by atoms with van der Waals surface area (Å²) < 4.78 is 17.3. The predicted molar refractivity (Wildman–Crippen MR) is 98.5 cm³/mol. The highest BCUT2D eigenvalue weighted by Crippen LogP contribution is 2.72. The number of halogens is 1. The molecule has 7 nitrogen and oxygen atoms in total. The van der Waals surface area contributed by atoms with Gasteiger partial charge in [-0.3, -0.25) is 4.79 Å². The summed E-state index contributed by atoms with van der Waals surface area (Å²) in [7, 11) is 0. The highest BCUT2D eigenvalue weighted by Gasteiger charge is 2.90. The molecule has 9 atom stereocenters. The van der Waals surface area contributed by atoms with Crippen LogP contribution in [-0.4, -0.2) is 62.1 Å². The molecule has 2 saturated carbocycles. The van der Waals surface area contributed by atoms with Crippen LogP contribution in [0.3, 0.4) is 0 Å². The molecule has 4 fully saturated rings. The second kappa shape index (κ2) is 5.72. The molecule has 0 aromatic rings. The fourth-order valence-electron chi connectivity index (χ4n) is 5.73. The number of ether oxygens (including phenoxy) is 3. The third kappa shape index (κ3) is 2.16. The second-order valence-electron chi connectivity index (χ2n) is 9.15. The van der Waals surface area contributed by atoms with Crippen LogP contribution >= 0.6 is 11.6 Å². The third-order valence-corrected chi connectivity index (χ3v) is 8.31. The molecule has 0 aromatic carbocycles. The van der Waals surface area contributed by atoms with E-state index in [1.54, 1.807) is 40.7 Å². The highest BCUT2D eigenvalue weighted by molar-refractivity contribution is 6.27. The maximum Gasteiger partial charge on any atom is 0.333 e. The van der Waals surface area contributed by atoms with Crippen molar-refractivity contribution in [2.24, 2.45) is 11.8 Å². The first-order chi connectivity index (χ1) is 12.8. The number of rotatable bonds is 2. The van der Waals surface area contributed by atoms with Gasteiger partial charge in [0.25, 0.3) is 0 Å². The Balaban J connectivity index is 1.84. The lowest BCUT2D eigenvalue weighted by Gasteiger charge is -2.46. The Morgan fingerprint density at radius 2 is 1.93 bits per heavy atom. The Kier molecular flexibility index (Phi) is 4.11. The fraction of sp³-hybridized carbons (Fsp3) is 0.800. The minimum atomic E-state index is -1.56. The number of allylic oxidation sites excluding steroid dienone is 1. The lowest BCUT2D eigenvalue weighted by molar-refractivity contribution is -0.156.